The van der Waals surface area contributed by atoms with Gasteiger partial charge < -0.3 is 10.6 Å². The summed E-state index contributed by atoms with van der Waals surface area (Å²) in [7, 11) is 0. The van der Waals surface area contributed by atoms with Gasteiger partial charge >= 0.3 is 0 Å². The minimum Gasteiger partial charge on any atom is -0.334 e. The number of hydrogen-bond donors (Lipinski definition) is 1. The number of nitrogens with two attached hydrogens (primary N) is 1. The smallest absolute Gasteiger partial charge is 0.254 e. The zero-order valence-electron chi connectivity index (χ0n) is 11.2. The molecule has 2 N–H and O–H groups in total. The van der Waals surface area contributed by atoms with E-state index < -0.39 is 0 Å². The molecular weight excluding hydrogens is 238 g/mol. The zero-order valence-corrected chi connectivity index (χ0v) is 11.2. The molecule has 0 radical (unpaired) electrons. The first-order chi connectivity index (χ1) is 9.17. The van der Waals surface area contributed by atoms with Crippen molar-refractivity contribution in [3.8, 4) is 6.07 Å². The van der Waals surface area contributed by atoms with Crippen LogP contribution in [-0.4, -0.2) is 29.9 Å². The van der Waals surface area contributed by atoms with Crippen LogP contribution in [0.1, 0.15) is 35.7 Å². The summed E-state index contributed by atoms with van der Waals surface area (Å²) in [6.07, 6.45) is 2.13. The summed E-state index contributed by atoms with van der Waals surface area (Å²) in [5, 5.41) is 8.90. The van der Waals surface area contributed by atoms with E-state index in [1.165, 1.54) is 0 Å². The van der Waals surface area contributed by atoms with Gasteiger partial charge in [-0.25, -0.2) is 0 Å². The molecule has 0 aromatic heterocycles. The Morgan fingerprint density at radius 2 is 2.37 bits per heavy atom. The van der Waals surface area contributed by atoms with E-state index in [0.29, 0.717) is 23.6 Å². The highest BCUT2D eigenvalue weighted by Gasteiger charge is 2.31. The van der Waals surface area contributed by atoms with Crippen LogP contribution >= 0.6 is 0 Å². The summed E-state index contributed by atoms with van der Waals surface area (Å²) in [4.78, 5) is 14.4. The highest BCUT2D eigenvalue weighted by molar-refractivity contribution is 5.94. The Morgan fingerprint density at radius 3 is 3.05 bits per heavy atom. The second-order valence-corrected chi connectivity index (χ2v) is 5.11. The Bertz CT molecular complexity index is 506. The Hall–Kier alpha value is -1.86. The molecule has 1 aromatic carbocycles. The van der Waals surface area contributed by atoms with Crippen LogP contribution in [0.25, 0.3) is 0 Å². The number of nitriles is 1. The number of piperidine rings is 1. The number of amides is 1. The molecule has 1 aliphatic heterocycles. The van der Waals surface area contributed by atoms with E-state index in [0.717, 1.165) is 19.4 Å². The van der Waals surface area contributed by atoms with Gasteiger partial charge in [-0.05, 0) is 37.0 Å². The molecular formula is C15H19N3O. The minimum absolute atomic E-state index is 0.0147. The summed E-state index contributed by atoms with van der Waals surface area (Å²) in [5.74, 6) is 0.418. The van der Waals surface area contributed by atoms with E-state index in [4.69, 9.17) is 11.0 Å². The number of rotatable bonds is 2. The van der Waals surface area contributed by atoms with Crippen molar-refractivity contribution < 1.29 is 4.79 Å². The van der Waals surface area contributed by atoms with Gasteiger partial charge in [0.25, 0.3) is 5.91 Å². The highest BCUT2D eigenvalue weighted by Crippen LogP contribution is 2.24. The third-order valence-corrected chi connectivity index (χ3v) is 3.86. The van der Waals surface area contributed by atoms with E-state index in [1.807, 2.05) is 4.90 Å². The van der Waals surface area contributed by atoms with Crippen molar-refractivity contribution in [2.75, 3.05) is 13.1 Å². The summed E-state index contributed by atoms with van der Waals surface area (Å²) in [6, 6.07) is 9.03. The van der Waals surface area contributed by atoms with Crippen LogP contribution in [0.2, 0.25) is 0 Å². The lowest BCUT2D eigenvalue weighted by molar-refractivity contribution is 0.0532. The van der Waals surface area contributed by atoms with E-state index in [1.54, 1.807) is 24.3 Å². The number of likely N-dealkylation sites (tertiary alicyclic amines) is 1. The zero-order chi connectivity index (χ0) is 13.8. The van der Waals surface area contributed by atoms with Crippen LogP contribution in [0.5, 0.6) is 0 Å². The Kier molecular flexibility index (Phi) is 4.18. The molecule has 19 heavy (non-hydrogen) atoms. The molecule has 1 saturated heterocycles. The molecule has 0 saturated carbocycles. The molecule has 1 heterocycles. The summed E-state index contributed by atoms with van der Waals surface area (Å²) in [6.45, 7) is 3.38. The molecule has 2 unspecified atom stereocenters. The lowest BCUT2D eigenvalue weighted by atomic mass is 9.90. The topological polar surface area (TPSA) is 70.1 Å². The van der Waals surface area contributed by atoms with Crippen molar-refractivity contribution in [2.45, 2.75) is 25.8 Å². The first kappa shape index (κ1) is 13.6. The number of carbonyl (C=O) groups is 1. The minimum atomic E-state index is -0.0147. The van der Waals surface area contributed by atoms with Gasteiger partial charge in [0.2, 0.25) is 0 Å². The molecule has 4 heteroatoms. The van der Waals surface area contributed by atoms with Crippen molar-refractivity contribution in [3.63, 3.8) is 0 Å². The number of nitrogens with zero attached hydrogens (tertiary/aromatic N) is 2. The average Bonchev–Trinajstić information content (AvgIpc) is 2.46. The van der Waals surface area contributed by atoms with Gasteiger partial charge in [-0.3, -0.25) is 4.79 Å². The first-order valence-corrected chi connectivity index (χ1v) is 6.68. The molecule has 2 atom stereocenters. The van der Waals surface area contributed by atoms with Gasteiger partial charge in [-0.2, -0.15) is 5.26 Å². The van der Waals surface area contributed by atoms with E-state index in [2.05, 4.69) is 13.0 Å². The highest BCUT2D eigenvalue weighted by atomic mass is 16.2. The summed E-state index contributed by atoms with van der Waals surface area (Å²) < 4.78 is 0. The van der Waals surface area contributed by atoms with Crippen LogP contribution in [0.15, 0.2) is 24.3 Å². The normalized spacial score (nSPS) is 22.9. The fourth-order valence-electron chi connectivity index (χ4n) is 2.75. The van der Waals surface area contributed by atoms with Crippen molar-refractivity contribution in [2.24, 2.45) is 11.7 Å². The Labute approximate surface area is 113 Å². The second-order valence-electron chi connectivity index (χ2n) is 5.11. The molecule has 1 fully saturated rings. The molecule has 0 bridgehead atoms. The predicted octanol–water partition coefficient (Wildman–Crippen LogP) is 1.76. The van der Waals surface area contributed by atoms with Crippen LogP contribution in [0.4, 0.5) is 0 Å². The number of carbonyl (C=O) groups excluding carboxylic acids is 1. The predicted molar refractivity (Wildman–Crippen MR) is 73.4 cm³/mol. The summed E-state index contributed by atoms with van der Waals surface area (Å²) >= 11 is 0. The quantitative estimate of drug-likeness (QED) is 0.877. The van der Waals surface area contributed by atoms with Gasteiger partial charge in [0.1, 0.15) is 0 Å². The van der Waals surface area contributed by atoms with Gasteiger partial charge in [0, 0.05) is 24.7 Å². The molecule has 1 aromatic rings. The number of hydrogen-bond acceptors (Lipinski definition) is 3. The van der Waals surface area contributed by atoms with Crippen LogP contribution in [0, 0.1) is 17.2 Å². The third kappa shape index (κ3) is 2.77. The number of benzene rings is 1. The van der Waals surface area contributed by atoms with Crippen molar-refractivity contribution in [1.29, 1.82) is 5.26 Å². The fourth-order valence-corrected chi connectivity index (χ4v) is 2.75. The molecule has 0 spiro atoms. The Balaban J connectivity index is 2.24. The van der Waals surface area contributed by atoms with Gasteiger partial charge in [-0.15, -0.1) is 0 Å². The maximum Gasteiger partial charge on any atom is 0.254 e. The van der Waals surface area contributed by atoms with Crippen LogP contribution < -0.4 is 5.73 Å². The molecule has 2 rings (SSSR count). The fraction of sp³-hybridized carbons (Fsp3) is 0.467. The summed E-state index contributed by atoms with van der Waals surface area (Å²) in [5.41, 5.74) is 6.90. The van der Waals surface area contributed by atoms with E-state index >= 15 is 0 Å². The van der Waals surface area contributed by atoms with Gasteiger partial charge in [-0.1, -0.05) is 13.0 Å². The standard InChI is InChI=1S/C15H19N3O/c1-11-4-3-7-18(14(11)10-17)15(19)13-6-2-5-12(8-13)9-16/h2,5-6,8,11,14H,3-4,7,10,17H2,1H3. The molecule has 1 amide bonds. The third-order valence-electron chi connectivity index (χ3n) is 3.86. The molecule has 100 valence electrons. The molecule has 1 aliphatic rings. The second kappa shape index (κ2) is 5.85. The van der Waals surface area contributed by atoms with Gasteiger partial charge in [0.05, 0.1) is 11.6 Å². The van der Waals surface area contributed by atoms with Crippen molar-refractivity contribution >= 4 is 5.91 Å². The van der Waals surface area contributed by atoms with E-state index in [9.17, 15) is 4.79 Å². The monoisotopic (exact) mass is 257 g/mol. The Morgan fingerprint density at radius 1 is 1.58 bits per heavy atom. The largest absolute Gasteiger partial charge is 0.334 e. The average molecular weight is 257 g/mol. The van der Waals surface area contributed by atoms with Crippen LogP contribution in [-0.2, 0) is 0 Å². The maximum atomic E-state index is 12.5. The maximum absolute atomic E-state index is 12.5. The lowest BCUT2D eigenvalue weighted by Crippen LogP contribution is -2.51. The lowest BCUT2D eigenvalue weighted by Gasteiger charge is -2.39. The van der Waals surface area contributed by atoms with Crippen LogP contribution in [0.3, 0.4) is 0 Å². The SMILES string of the molecule is CC1CCCN(C(=O)c2cccc(C#N)c2)C1CN. The van der Waals surface area contributed by atoms with Gasteiger partial charge in [0.15, 0.2) is 0 Å². The first-order valence-electron chi connectivity index (χ1n) is 6.68. The van der Waals surface area contributed by atoms with E-state index in [-0.39, 0.29) is 11.9 Å². The van der Waals surface area contributed by atoms with Crippen molar-refractivity contribution in [1.82, 2.24) is 4.90 Å². The van der Waals surface area contributed by atoms with Crippen molar-refractivity contribution in [3.05, 3.63) is 35.4 Å². The molecule has 4 nitrogen and oxygen atoms in total. The molecule has 0 aliphatic carbocycles.